The maximum absolute atomic E-state index is 8.94. The Kier molecular flexibility index (Phi) is 3.34. The Hall–Kier alpha value is -0.530. The molecule has 1 N–H and O–H groups in total. The van der Waals surface area contributed by atoms with Crippen LogP contribution in [-0.2, 0) is 0 Å². The van der Waals surface area contributed by atoms with E-state index in [0.29, 0.717) is 5.92 Å². The summed E-state index contributed by atoms with van der Waals surface area (Å²) in [6, 6.07) is 0. The molecule has 0 aromatic carbocycles. The van der Waals surface area contributed by atoms with Gasteiger partial charge in [-0.25, -0.2) is 0 Å². The summed E-state index contributed by atoms with van der Waals surface area (Å²) >= 11 is 0. The molecule has 2 heteroatoms. The Labute approximate surface area is 81.0 Å². The van der Waals surface area contributed by atoms with Crippen LogP contribution in [0.3, 0.4) is 0 Å². The Balaban J connectivity index is 2.53. The maximum Gasteiger partial charge on any atom is 0.0606 e. The van der Waals surface area contributed by atoms with Crippen LogP contribution in [0.25, 0.3) is 0 Å². The van der Waals surface area contributed by atoms with E-state index in [9.17, 15) is 0 Å². The maximum atomic E-state index is 8.94. The first kappa shape index (κ1) is 10.6. The van der Waals surface area contributed by atoms with Gasteiger partial charge >= 0.3 is 0 Å². The normalized spacial score (nSPS) is 21.0. The highest BCUT2D eigenvalue weighted by Gasteiger charge is 2.25. The molecule has 0 spiro atoms. The summed E-state index contributed by atoms with van der Waals surface area (Å²) in [4.78, 5) is 0. The third-order valence-electron chi connectivity index (χ3n) is 2.67. The summed E-state index contributed by atoms with van der Waals surface area (Å²) < 4.78 is 0. The second-order valence-electron chi connectivity index (χ2n) is 5.31. The minimum atomic E-state index is 0.240. The zero-order valence-corrected chi connectivity index (χ0v) is 9.01. The summed E-state index contributed by atoms with van der Waals surface area (Å²) in [5, 5.41) is 12.4. The highest BCUT2D eigenvalue weighted by atomic mass is 16.4. The molecular formula is C11H21NO. The first-order chi connectivity index (χ1) is 6.03. The second kappa shape index (κ2) is 4.12. The molecule has 76 valence electrons. The van der Waals surface area contributed by atoms with Gasteiger partial charge in [0.25, 0.3) is 0 Å². The van der Waals surface area contributed by atoms with Crippen molar-refractivity contribution in [1.82, 2.24) is 0 Å². The fraction of sp³-hybridized carbons (Fsp3) is 0.909. The van der Waals surface area contributed by atoms with E-state index in [-0.39, 0.29) is 5.41 Å². The Morgan fingerprint density at radius 3 is 2.23 bits per heavy atom. The van der Waals surface area contributed by atoms with E-state index >= 15 is 0 Å². The Morgan fingerprint density at radius 1 is 1.31 bits per heavy atom. The van der Waals surface area contributed by atoms with E-state index in [1.807, 2.05) is 0 Å². The van der Waals surface area contributed by atoms with Crippen LogP contribution in [0.4, 0.5) is 0 Å². The monoisotopic (exact) mass is 183 g/mol. The average Bonchev–Trinajstić information content (AvgIpc) is 2.50. The van der Waals surface area contributed by atoms with Gasteiger partial charge in [0.1, 0.15) is 0 Å². The molecule has 0 unspecified atom stereocenters. The van der Waals surface area contributed by atoms with E-state index in [1.165, 1.54) is 25.7 Å². The van der Waals surface area contributed by atoms with E-state index < -0.39 is 0 Å². The molecular weight excluding hydrogens is 162 g/mol. The summed E-state index contributed by atoms with van der Waals surface area (Å²) in [5.41, 5.74) is 1.26. The summed E-state index contributed by atoms with van der Waals surface area (Å²) in [5.74, 6) is 0.559. The van der Waals surface area contributed by atoms with E-state index in [2.05, 4.69) is 25.9 Å². The van der Waals surface area contributed by atoms with Gasteiger partial charge < -0.3 is 5.21 Å². The largest absolute Gasteiger partial charge is 0.411 e. The van der Waals surface area contributed by atoms with E-state index in [4.69, 9.17) is 5.21 Å². The lowest BCUT2D eigenvalue weighted by Gasteiger charge is -2.21. The minimum Gasteiger partial charge on any atom is -0.411 e. The molecule has 0 amide bonds. The number of nitrogens with zero attached hydrogens (tertiary/aromatic N) is 1. The highest BCUT2D eigenvalue weighted by Crippen LogP contribution is 2.31. The zero-order chi connectivity index (χ0) is 9.90. The van der Waals surface area contributed by atoms with Crippen LogP contribution in [0.15, 0.2) is 5.16 Å². The van der Waals surface area contributed by atoms with Crippen molar-refractivity contribution >= 4 is 5.71 Å². The number of hydrogen-bond donors (Lipinski definition) is 1. The van der Waals surface area contributed by atoms with Crippen LogP contribution in [0, 0.1) is 11.3 Å². The van der Waals surface area contributed by atoms with Gasteiger partial charge in [0.15, 0.2) is 0 Å². The summed E-state index contributed by atoms with van der Waals surface area (Å²) in [6.07, 6.45) is 5.96. The van der Waals surface area contributed by atoms with Gasteiger partial charge in [-0.05, 0) is 24.7 Å². The quantitative estimate of drug-likeness (QED) is 0.397. The minimum absolute atomic E-state index is 0.240. The van der Waals surface area contributed by atoms with Gasteiger partial charge in [0.05, 0.1) is 5.71 Å². The first-order valence-electron chi connectivity index (χ1n) is 5.24. The molecule has 1 aliphatic carbocycles. The van der Waals surface area contributed by atoms with Crippen molar-refractivity contribution in [3.63, 3.8) is 0 Å². The van der Waals surface area contributed by atoms with Crippen molar-refractivity contribution in [3.8, 4) is 0 Å². The fourth-order valence-electron chi connectivity index (χ4n) is 2.06. The summed E-state index contributed by atoms with van der Waals surface area (Å²) in [7, 11) is 0. The van der Waals surface area contributed by atoms with Gasteiger partial charge in [-0.3, -0.25) is 0 Å². The van der Waals surface area contributed by atoms with Crippen LogP contribution in [0.1, 0.15) is 52.9 Å². The molecule has 0 aromatic rings. The van der Waals surface area contributed by atoms with Crippen LogP contribution in [0.2, 0.25) is 0 Å². The highest BCUT2D eigenvalue weighted by molar-refractivity contribution is 5.86. The molecule has 2 nitrogen and oxygen atoms in total. The van der Waals surface area contributed by atoms with Crippen molar-refractivity contribution in [3.05, 3.63) is 0 Å². The molecule has 0 bridgehead atoms. The van der Waals surface area contributed by atoms with Gasteiger partial charge in [-0.15, -0.1) is 0 Å². The molecule has 1 rings (SSSR count). The van der Waals surface area contributed by atoms with Crippen LogP contribution < -0.4 is 0 Å². The van der Waals surface area contributed by atoms with Crippen molar-refractivity contribution in [1.29, 1.82) is 0 Å². The average molecular weight is 183 g/mol. The second-order valence-corrected chi connectivity index (χ2v) is 5.31. The van der Waals surface area contributed by atoms with Crippen LogP contribution in [-0.4, -0.2) is 10.9 Å². The molecule has 0 saturated heterocycles. The number of oxime groups is 1. The topological polar surface area (TPSA) is 32.6 Å². The molecule has 0 aromatic heterocycles. The molecule has 1 saturated carbocycles. The molecule has 0 radical (unpaired) electrons. The first-order valence-corrected chi connectivity index (χ1v) is 5.24. The molecule has 13 heavy (non-hydrogen) atoms. The number of hydrogen-bond acceptors (Lipinski definition) is 2. The van der Waals surface area contributed by atoms with Gasteiger partial charge in [0.2, 0.25) is 0 Å². The third-order valence-corrected chi connectivity index (χ3v) is 2.67. The molecule has 1 aliphatic rings. The lowest BCUT2D eigenvalue weighted by Crippen LogP contribution is -2.19. The molecule has 0 atom stereocenters. The van der Waals surface area contributed by atoms with Crippen molar-refractivity contribution in [2.24, 2.45) is 16.5 Å². The van der Waals surface area contributed by atoms with Crippen LogP contribution >= 0.6 is 0 Å². The Morgan fingerprint density at radius 2 is 1.85 bits per heavy atom. The standard InChI is InChI=1S/C11H21NO/c1-11(2,3)8-10(12-13)9-6-4-5-7-9/h9,13H,4-8H2,1-3H3/b12-10+. The fourth-order valence-corrected chi connectivity index (χ4v) is 2.06. The van der Waals surface area contributed by atoms with Crippen molar-refractivity contribution in [2.75, 3.05) is 0 Å². The third kappa shape index (κ3) is 3.37. The number of rotatable bonds is 2. The van der Waals surface area contributed by atoms with Gasteiger partial charge in [0, 0.05) is 5.92 Å². The lowest BCUT2D eigenvalue weighted by molar-refractivity contribution is 0.306. The SMILES string of the molecule is CC(C)(C)C/C(=N\O)C1CCCC1. The van der Waals surface area contributed by atoms with Crippen molar-refractivity contribution in [2.45, 2.75) is 52.9 Å². The van der Waals surface area contributed by atoms with E-state index in [1.54, 1.807) is 0 Å². The molecule has 0 aliphatic heterocycles. The Bertz CT molecular complexity index is 185. The smallest absolute Gasteiger partial charge is 0.0606 e. The predicted molar refractivity (Wildman–Crippen MR) is 55.3 cm³/mol. The van der Waals surface area contributed by atoms with Gasteiger partial charge in [-0.1, -0.05) is 38.8 Å². The lowest BCUT2D eigenvalue weighted by atomic mass is 9.84. The van der Waals surface area contributed by atoms with Gasteiger partial charge in [-0.2, -0.15) is 0 Å². The summed E-state index contributed by atoms with van der Waals surface area (Å²) in [6.45, 7) is 6.56. The van der Waals surface area contributed by atoms with E-state index in [0.717, 1.165) is 12.1 Å². The van der Waals surface area contributed by atoms with Crippen LogP contribution in [0.5, 0.6) is 0 Å². The molecule has 0 heterocycles. The van der Waals surface area contributed by atoms with Crippen molar-refractivity contribution < 1.29 is 5.21 Å². The molecule has 1 fully saturated rings. The zero-order valence-electron chi connectivity index (χ0n) is 9.01. The predicted octanol–water partition coefficient (Wildman–Crippen LogP) is 3.44.